The van der Waals surface area contributed by atoms with Crippen LogP contribution in [0.3, 0.4) is 0 Å². The molecule has 0 amide bonds. The Hall–Kier alpha value is -2.19. The van der Waals surface area contributed by atoms with Gasteiger partial charge in [0.05, 0.1) is 36.8 Å². The molecule has 4 nitrogen and oxygen atoms in total. The van der Waals surface area contributed by atoms with Crippen LogP contribution in [0.15, 0.2) is 30.6 Å². The van der Waals surface area contributed by atoms with E-state index in [0.29, 0.717) is 16.0 Å². The van der Waals surface area contributed by atoms with Gasteiger partial charge in [-0.25, -0.2) is 0 Å². The number of aromatic amines is 1. The number of ether oxygens (including phenoxy) is 1. The zero-order valence-corrected chi connectivity index (χ0v) is 9.91. The maximum atomic E-state index is 8.89. The van der Waals surface area contributed by atoms with E-state index in [9.17, 15) is 0 Å². The van der Waals surface area contributed by atoms with Gasteiger partial charge in [0.1, 0.15) is 10.4 Å². The summed E-state index contributed by atoms with van der Waals surface area (Å²) in [5.41, 5.74) is 2.06. The molecule has 1 heterocycles. The molecule has 0 unspecified atom stereocenters. The van der Waals surface area contributed by atoms with Crippen molar-refractivity contribution in [3.05, 3.63) is 40.8 Å². The van der Waals surface area contributed by atoms with E-state index in [2.05, 4.69) is 16.0 Å². The summed E-state index contributed by atoms with van der Waals surface area (Å²) >= 11 is 5.02. The minimum absolute atomic E-state index is 0.534. The standard InChI is InChI=1S/C12H9N3OS/c1-16-11-3-2-8(5-13)4-9(11)10-6-14-7-12(17)15-10/h2-4,6-7H,1H3,(H,15,17). The molecule has 0 saturated heterocycles. The van der Waals surface area contributed by atoms with Crippen LogP contribution in [0, 0.1) is 16.0 Å². The first kappa shape index (κ1) is 11.3. The van der Waals surface area contributed by atoms with Crippen LogP contribution >= 0.6 is 12.2 Å². The summed E-state index contributed by atoms with van der Waals surface area (Å²) in [6.45, 7) is 0. The molecule has 2 aromatic rings. The predicted octanol–water partition coefficient (Wildman–Crippen LogP) is 2.69. The van der Waals surface area contributed by atoms with Gasteiger partial charge in [-0.15, -0.1) is 0 Å². The van der Waals surface area contributed by atoms with Crippen LogP contribution in [-0.4, -0.2) is 17.1 Å². The lowest BCUT2D eigenvalue weighted by atomic mass is 10.1. The van der Waals surface area contributed by atoms with Gasteiger partial charge < -0.3 is 9.72 Å². The number of nitrogens with zero attached hydrogens (tertiary/aromatic N) is 2. The first-order chi connectivity index (χ1) is 8.24. The minimum atomic E-state index is 0.534. The highest BCUT2D eigenvalue weighted by molar-refractivity contribution is 7.71. The molecule has 0 aliphatic carbocycles. The van der Waals surface area contributed by atoms with Crippen molar-refractivity contribution in [1.82, 2.24) is 9.97 Å². The molecule has 17 heavy (non-hydrogen) atoms. The quantitative estimate of drug-likeness (QED) is 0.824. The zero-order chi connectivity index (χ0) is 12.3. The molecule has 0 saturated carbocycles. The number of methoxy groups -OCH3 is 1. The van der Waals surface area contributed by atoms with Crippen molar-refractivity contribution in [2.45, 2.75) is 0 Å². The van der Waals surface area contributed by atoms with Crippen molar-refractivity contribution in [1.29, 1.82) is 5.26 Å². The van der Waals surface area contributed by atoms with Gasteiger partial charge in [0, 0.05) is 5.56 Å². The van der Waals surface area contributed by atoms with E-state index in [-0.39, 0.29) is 0 Å². The second kappa shape index (κ2) is 4.76. The maximum Gasteiger partial charge on any atom is 0.128 e. The SMILES string of the molecule is COc1ccc(C#N)cc1-c1cncc(=S)[nH]1. The average molecular weight is 243 g/mol. The molecule has 1 aromatic carbocycles. The Morgan fingerprint density at radius 2 is 2.24 bits per heavy atom. The summed E-state index contributed by atoms with van der Waals surface area (Å²) in [6.07, 6.45) is 3.20. The van der Waals surface area contributed by atoms with Crippen molar-refractivity contribution in [2.24, 2.45) is 0 Å². The van der Waals surface area contributed by atoms with E-state index < -0.39 is 0 Å². The highest BCUT2D eigenvalue weighted by atomic mass is 32.1. The molecule has 0 atom stereocenters. The topological polar surface area (TPSA) is 61.7 Å². The summed E-state index contributed by atoms with van der Waals surface area (Å²) in [6, 6.07) is 7.27. The Kier molecular flexibility index (Phi) is 3.17. The van der Waals surface area contributed by atoms with Crippen molar-refractivity contribution >= 4 is 12.2 Å². The molecule has 0 spiro atoms. The highest BCUT2D eigenvalue weighted by Gasteiger charge is 2.07. The highest BCUT2D eigenvalue weighted by Crippen LogP contribution is 2.28. The smallest absolute Gasteiger partial charge is 0.128 e. The molecule has 0 aliphatic heterocycles. The number of hydrogen-bond acceptors (Lipinski definition) is 4. The predicted molar refractivity (Wildman–Crippen MR) is 66.1 cm³/mol. The van der Waals surface area contributed by atoms with Crippen molar-refractivity contribution < 1.29 is 4.74 Å². The lowest BCUT2D eigenvalue weighted by Crippen LogP contribution is -1.92. The number of hydrogen-bond donors (Lipinski definition) is 1. The lowest BCUT2D eigenvalue weighted by Gasteiger charge is -2.08. The summed E-state index contributed by atoms with van der Waals surface area (Å²) in [5.74, 6) is 0.669. The Morgan fingerprint density at radius 3 is 2.88 bits per heavy atom. The molecule has 0 radical (unpaired) electrons. The van der Waals surface area contributed by atoms with E-state index in [1.54, 1.807) is 37.7 Å². The molecule has 5 heteroatoms. The van der Waals surface area contributed by atoms with Crippen molar-refractivity contribution in [3.8, 4) is 23.1 Å². The van der Waals surface area contributed by atoms with Gasteiger partial charge in [-0.2, -0.15) is 5.26 Å². The normalized spacial score (nSPS) is 9.65. The van der Waals surface area contributed by atoms with Gasteiger partial charge in [-0.3, -0.25) is 4.98 Å². The van der Waals surface area contributed by atoms with E-state index >= 15 is 0 Å². The zero-order valence-electron chi connectivity index (χ0n) is 9.10. The fourth-order valence-electron chi connectivity index (χ4n) is 1.50. The van der Waals surface area contributed by atoms with E-state index in [4.69, 9.17) is 22.2 Å². The minimum Gasteiger partial charge on any atom is -0.496 e. The van der Waals surface area contributed by atoms with Crippen LogP contribution < -0.4 is 4.74 Å². The van der Waals surface area contributed by atoms with E-state index in [0.717, 1.165) is 11.3 Å². The Balaban J connectivity index is 2.65. The van der Waals surface area contributed by atoms with Crippen LogP contribution in [0.5, 0.6) is 5.75 Å². The maximum absolute atomic E-state index is 8.89. The Bertz CT molecular complexity index is 643. The molecule has 0 aliphatic rings. The number of aromatic nitrogens is 2. The third-order valence-corrected chi connectivity index (χ3v) is 2.48. The molecule has 2 rings (SSSR count). The largest absolute Gasteiger partial charge is 0.496 e. The van der Waals surface area contributed by atoms with Crippen molar-refractivity contribution in [3.63, 3.8) is 0 Å². The van der Waals surface area contributed by atoms with Crippen LogP contribution in [-0.2, 0) is 0 Å². The summed E-state index contributed by atoms with van der Waals surface area (Å²) in [4.78, 5) is 7.03. The number of rotatable bonds is 2. The molecule has 1 N–H and O–H groups in total. The number of H-pyrrole nitrogens is 1. The third kappa shape index (κ3) is 2.32. The molecule has 0 bridgehead atoms. The molecular formula is C12H9N3OS. The Morgan fingerprint density at radius 1 is 1.41 bits per heavy atom. The fourth-order valence-corrected chi connectivity index (χ4v) is 1.67. The Labute approximate surface area is 104 Å². The summed E-state index contributed by atoms with van der Waals surface area (Å²) in [7, 11) is 1.58. The van der Waals surface area contributed by atoms with Gasteiger partial charge >= 0.3 is 0 Å². The fraction of sp³-hybridized carbons (Fsp3) is 0.0833. The second-order valence-electron chi connectivity index (χ2n) is 3.34. The second-order valence-corrected chi connectivity index (χ2v) is 3.78. The van der Waals surface area contributed by atoms with Crippen molar-refractivity contribution in [2.75, 3.05) is 7.11 Å². The van der Waals surface area contributed by atoms with E-state index in [1.807, 2.05) is 0 Å². The van der Waals surface area contributed by atoms with Crippen LogP contribution in [0.2, 0.25) is 0 Å². The van der Waals surface area contributed by atoms with Gasteiger partial charge in [-0.05, 0) is 18.2 Å². The van der Waals surface area contributed by atoms with Gasteiger partial charge in [0.25, 0.3) is 0 Å². The third-order valence-electron chi connectivity index (χ3n) is 2.27. The first-order valence-electron chi connectivity index (χ1n) is 4.87. The summed E-state index contributed by atoms with van der Waals surface area (Å²) in [5, 5.41) is 8.89. The summed E-state index contributed by atoms with van der Waals surface area (Å²) < 4.78 is 5.78. The first-order valence-corrected chi connectivity index (χ1v) is 5.28. The number of benzene rings is 1. The average Bonchev–Trinajstić information content (AvgIpc) is 2.38. The lowest BCUT2D eigenvalue weighted by molar-refractivity contribution is 0.416. The molecule has 84 valence electrons. The van der Waals surface area contributed by atoms with Gasteiger partial charge in [0.15, 0.2) is 0 Å². The monoisotopic (exact) mass is 243 g/mol. The van der Waals surface area contributed by atoms with Gasteiger partial charge in [-0.1, -0.05) is 12.2 Å². The van der Waals surface area contributed by atoms with Crippen LogP contribution in [0.4, 0.5) is 0 Å². The van der Waals surface area contributed by atoms with Crippen LogP contribution in [0.25, 0.3) is 11.3 Å². The van der Waals surface area contributed by atoms with E-state index in [1.165, 1.54) is 0 Å². The molecule has 0 fully saturated rings. The molecule has 1 aromatic heterocycles. The number of nitrogens with one attached hydrogen (secondary N) is 1. The van der Waals surface area contributed by atoms with Gasteiger partial charge in [0.2, 0.25) is 0 Å². The molecular weight excluding hydrogens is 234 g/mol. The number of nitriles is 1. The van der Waals surface area contributed by atoms with Crippen LogP contribution in [0.1, 0.15) is 5.56 Å².